The molecule has 0 atom stereocenters. The fourth-order valence-corrected chi connectivity index (χ4v) is 1.73. The van der Waals surface area contributed by atoms with Crippen LogP contribution in [0.25, 0.3) is 0 Å². The minimum absolute atomic E-state index is 0.184. The predicted molar refractivity (Wildman–Crippen MR) is 65.8 cm³/mol. The van der Waals surface area contributed by atoms with Gasteiger partial charge < -0.3 is 9.29 Å². The van der Waals surface area contributed by atoms with Gasteiger partial charge in [-0.05, 0) is 36.4 Å². The van der Waals surface area contributed by atoms with E-state index in [0.29, 0.717) is 5.56 Å². The molecule has 0 heterocycles. The summed E-state index contributed by atoms with van der Waals surface area (Å²) in [6, 6.07) is 15.2. The van der Waals surface area contributed by atoms with Gasteiger partial charge in [0, 0.05) is 4.90 Å². The summed E-state index contributed by atoms with van der Waals surface area (Å²) in [6.45, 7) is 0. The van der Waals surface area contributed by atoms with Crippen LogP contribution in [0.5, 0.6) is 5.75 Å². The molecule has 2 aromatic rings. The number of rotatable bonds is 3. The van der Waals surface area contributed by atoms with Gasteiger partial charge in [0.25, 0.3) is 0 Å². The summed E-state index contributed by atoms with van der Waals surface area (Å²) >= 11 is 0.971. The van der Waals surface area contributed by atoms with Crippen LogP contribution in [0.1, 0.15) is 10.4 Å². The molecular weight excluding hydrogens is 236 g/mol. The van der Waals surface area contributed by atoms with E-state index in [0.717, 1.165) is 16.9 Å². The second-order valence-electron chi connectivity index (χ2n) is 3.31. The van der Waals surface area contributed by atoms with Crippen molar-refractivity contribution in [2.45, 2.75) is 4.90 Å². The van der Waals surface area contributed by atoms with E-state index in [2.05, 4.69) is 0 Å². The lowest BCUT2D eigenvalue weighted by molar-refractivity contribution is 0.0768. The summed E-state index contributed by atoms with van der Waals surface area (Å²) in [5, 5.41) is 9.10. The van der Waals surface area contributed by atoms with Crippen molar-refractivity contribution in [2.75, 3.05) is 0 Å². The SMILES string of the molecule is O=C(OSc1ccc(O)cc1)c1ccccc1. The van der Waals surface area contributed by atoms with Gasteiger partial charge in [-0.1, -0.05) is 18.2 Å². The number of phenols is 1. The molecule has 2 rings (SSSR count). The molecule has 1 N–H and O–H groups in total. The van der Waals surface area contributed by atoms with Gasteiger partial charge in [0.1, 0.15) is 5.75 Å². The molecule has 3 nitrogen and oxygen atoms in total. The first kappa shape index (κ1) is 11.5. The van der Waals surface area contributed by atoms with Crippen molar-refractivity contribution in [1.82, 2.24) is 0 Å². The number of benzene rings is 2. The van der Waals surface area contributed by atoms with E-state index in [9.17, 15) is 4.79 Å². The highest BCUT2D eigenvalue weighted by molar-refractivity contribution is 7.95. The highest BCUT2D eigenvalue weighted by Gasteiger charge is 2.07. The van der Waals surface area contributed by atoms with Crippen LogP contribution in [0, 0.1) is 0 Å². The topological polar surface area (TPSA) is 46.5 Å². The molecule has 0 unspecified atom stereocenters. The molecule has 86 valence electrons. The third kappa shape index (κ3) is 3.26. The minimum Gasteiger partial charge on any atom is -0.508 e. The molecule has 0 aromatic heterocycles. The first-order valence-electron chi connectivity index (χ1n) is 4.98. The van der Waals surface area contributed by atoms with Gasteiger partial charge >= 0.3 is 5.97 Å². The van der Waals surface area contributed by atoms with Gasteiger partial charge in [-0.3, -0.25) is 0 Å². The normalized spacial score (nSPS) is 9.88. The smallest absolute Gasteiger partial charge is 0.350 e. The minimum atomic E-state index is -0.385. The third-order valence-corrected chi connectivity index (χ3v) is 2.76. The highest BCUT2D eigenvalue weighted by atomic mass is 32.2. The van der Waals surface area contributed by atoms with Gasteiger partial charge in [0.15, 0.2) is 0 Å². The largest absolute Gasteiger partial charge is 0.508 e. The van der Waals surface area contributed by atoms with Crippen LogP contribution in [0.4, 0.5) is 0 Å². The van der Waals surface area contributed by atoms with Crippen LogP contribution >= 0.6 is 12.0 Å². The zero-order valence-electron chi connectivity index (χ0n) is 8.87. The maximum absolute atomic E-state index is 11.6. The van der Waals surface area contributed by atoms with Crippen molar-refractivity contribution in [1.29, 1.82) is 0 Å². The van der Waals surface area contributed by atoms with Crippen LogP contribution < -0.4 is 0 Å². The molecule has 2 aromatic carbocycles. The van der Waals surface area contributed by atoms with Gasteiger partial charge in [-0.15, -0.1) is 0 Å². The van der Waals surface area contributed by atoms with Crippen LogP contribution in [0.3, 0.4) is 0 Å². The molecule has 0 bridgehead atoms. The molecule has 0 saturated heterocycles. The van der Waals surface area contributed by atoms with Gasteiger partial charge in [-0.2, -0.15) is 0 Å². The number of phenolic OH excluding ortho intramolecular Hbond substituents is 1. The lowest BCUT2D eigenvalue weighted by Crippen LogP contribution is -1.98. The number of hydrogen-bond acceptors (Lipinski definition) is 4. The van der Waals surface area contributed by atoms with Crippen LogP contribution in [0.2, 0.25) is 0 Å². The van der Waals surface area contributed by atoms with Crippen molar-refractivity contribution in [3.8, 4) is 5.75 Å². The Labute approximate surface area is 103 Å². The van der Waals surface area contributed by atoms with Crippen LogP contribution in [-0.2, 0) is 4.18 Å². The molecule has 0 aliphatic carbocycles. The Hall–Kier alpha value is -1.94. The maximum atomic E-state index is 11.6. The highest BCUT2D eigenvalue weighted by Crippen LogP contribution is 2.22. The summed E-state index contributed by atoms with van der Waals surface area (Å²) in [6.07, 6.45) is 0. The van der Waals surface area contributed by atoms with Crippen molar-refractivity contribution in [3.63, 3.8) is 0 Å². The molecule has 0 fully saturated rings. The lowest BCUT2D eigenvalue weighted by Gasteiger charge is -2.02. The maximum Gasteiger partial charge on any atom is 0.350 e. The molecular formula is C13H10O3S. The Balaban J connectivity index is 1.95. The molecule has 0 aliphatic rings. The van der Waals surface area contributed by atoms with Crippen molar-refractivity contribution < 1.29 is 14.1 Å². The quantitative estimate of drug-likeness (QED) is 0.844. The summed E-state index contributed by atoms with van der Waals surface area (Å²) in [4.78, 5) is 12.3. The van der Waals surface area contributed by atoms with Crippen molar-refractivity contribution >= 4 is 18.0 Å². The van der Waals surface area contributed by atoms with Crippen molar-refractivity contribution in [2.24, 2.45) is 0 Å². The molecule has 0 saturated carbocycles. The third-order valence-electron chi connectivity index (χ3n) is 2.06. The molecule has 0 amide bonds. The number of carbonyl (C=O) groups is 1. The summed E-state index contributed by atoms with van der Waals surface area (Å²) in [7, 11) is 0. The standard InChI is InChI=1S/C13H10O3S/c14-11-6-8-12(9-7-11)17-16-13(15)10-4-2-1-3-5-10/h1-9,14H. The first-order valence-corrected chi connectivity index (χ1v) is 5.73. The number of hydrogen-bond donors (Lipinski definition) is 1. The van der Waals surface area contributed by atoms with E-state index in [1.54, 1.807) is 48.5 Å². The second-order valence-corrected chi connectivity index (χ2v) is 4.12. The summed E-state index contributed by atoms with van der Waals surface area (Å²) in [5.41, 5.74) is 0.513. The van der Waals surface area contributed by atoms with E-state index >= 15 is 0 Å². The zero-order chi connectivity index (χ0) is 12.1. The Morgan fingerprint density at radius 2 is 1.65 bits per heavy atom. The Bertz CT molecular complexity index is 494. The lowest BCUT2D eigenvalue weighted by atomic mass is 10.2. The van der Waals surface area contributed by atoms with Crippen molar-refractivity contribution in [3.05, 3.63) is 60.2 Å². The fraction of sp³-hybridized carbons (Fsp3) is 0. The van der Waals surface area contributed by atoms with Gasteiger partial charge in [-0.25, -0.2) is 4.79 Å². The van der Waals surface area contributed by atoms with E-state index in [1.165, 1.54) is 0 Å². The van der Waals surface area contributed by atoms with Gasteiger partial charge in [0.05, 0.1) is 17.6 Å². The Morgan fingerprint density at radius 1 is 1.00 bits per heavy atom. The van der Waals surface area contributed by atoms with E-state index < -0.39 is 0 Å². The molecule has 0 spiro atoms. The average molecular weight is 246 g/mol. The number of aromatic hydroxyl groups is 1. The Kier molecular flexibility index (Phi) is 3.67. The summed E-state index contributed by atoms with van der Waals surface area (Å²) < 4.78 is 5.05. The molecule has 17 heavy (non-hydrogen) atoms. The first-order chi connectivity index (χ1) is 8.25. The van der Waals surface area contributed by atoms with Gasteiger partial charge in [0.2, 0.25) is 0 Å². The summed E-state index contributed by atoms with van der Waals surface area (Å²) in [5.74, 6) is -0.201. The molecule has 0 aliphatic heterocycles. The molecule has 4 heteroatoms. The van der Waals surface area contributed by atoms with Crippen LogP contribution in [-0.4, -0.2) is 11.1 Å². The number of carbonyl (C=O) groups excluding carboxylic acids is 1. The monoisotopic (exact) mass is 246 g/mol. The van der Waals surface area contributed by atoms with E-state index in [-0.39, 0.29) is 11.7 Å². The fourth-order valence-electron chi connectivity index (χ4n) is 1.21. The van der Waals surface area contributed by atoms with E-state index in [1.807, 2.05) is 6.07 Å². The predicted octanol–water partition coefficient (Wildman–Crippen LogP) is 3.26. The molecule has 0 radical (unpaired) electrons. The zero-order valence-corrected chi connectivity index (χ0v) is 9.68. The van der Waals surface area contributed by atoms with E-state index in [4.69, 9.17) is 9.29 Å². The average Bonchev–Trinajstić information content (AvgIpc) is 2.39. The second kappa shape index (κ2) is 5.41. The van der Waals surface area contributed by atoms with Crippen LogP contribution in [0.15, 0.2) is 59.5 Å². The Morgan fingerprint density at radius 3 is 2.29 bits per heavy atom.